The van der Waals surface area contributed by atoms with Crippen molar-refractivity contribution in [2.45, 2.75) is 13.0 Å². The quantitative estimate of drug-likeness (QED) is 0.807. The summed E-state index contributed by atoms with van der Waals surface area (Å²) < 4.78 is 15.6. The molecule has 5 heteroatoms. The molecule has 0 saturated carbocycles. The lowest BCUT2D eigenvalue weighted by molar-refractivity contribution is 0.174. The van der Waals surface area contributed by atoms with Gasteiger partial charge in [0.05, 0.1) is 6.61 Å². The zero-order chi connectivity index (χ0) is 11.7. The predicted octanol–water partition coefficient (Wildman–Crippen LogP) is 1.82. The van der Waals surface area contributed by atoms with Gasteiger partial charge in [-0.3, -0.25) is 0 Å². The van der Waals surface area contributed by atoms with Crippen LogP contribution < -0.4 is 4.74 Å². The van der Waals surface area contributed by atoms with Crippen LogP contribution in [0.5, 0.6) is 5.75 Å². The monoisotopic (exact) mass is 232 g/mol. The number of aromatic nitrogens is 2. The van der Waals surface area contributed by atoms with Crippen LogP contribution in [0.3, 0.4) is 0 Å². The molecule has 0 bridgehead atoms. The van der Waals surface area contributed by atoms with Gasteiger partial charge in [-0.2, -0.15) is 4.98 Å². The van der Waals surface area contributed by atoms with Gasteiger partial charge in [-0.1, -0.05) is 5.16 Å². The van der Waals surface area contributed by atoms with E-state index in [1.165, 1.54) is 5.56 Å². The van der Waals surface area contributed by atoms with Crippen LogP contribution in [0, 0.1) is 0 Å². The molecule has 0 amide bonds. The first-order valence-electron chi connectivity index (χ1n) is 5.44. The Bertz CT molecular complexity index is 536. The zero-order valence-electron chi connectivity index (χ0n) is 9.47. The van der Waals surface area contributed by atoms with Gasteiger partial charge in [-0.05, 0) is 23.8 Å². The van der Waals surface area contributed by atoms with E-state index in [0.717, 1.165) is 24.3 Å². The minimum absolute atomic E-state index is 0.359. The molecule has 17 heavy (non-hydrogen) atoms. The Hall–Kier alpha value is -1.88. The van der Waals surface area contributed by atoms with Crippen LogP contribution in [0.2, 0.25) is 0 Å². The number of methoxy groups -OCH3 is 1. The molecular weight excluding hydrogens is 220 g/mol. The average Bonchev–Trinajstić information content (AvgIpc) is 2.96. The second-order valence-corrected chi connectivity index (χ2v) is 3.87. The van der Waals surface area contributed by atoms with Gasteiger partial charge in [0, 0.05) is 19.1 Å². The SMILES string of the molecule is COCc1noc(-c2ccc3c(c2)CCO3)n1. The first kappa shape index (κ1) is 10.3. The maximum Gasteiger partial charge on any atom is 0.258 e. The van der Waals surface area contributed by atoms with Crippen molar-refractivity contribution in [1.29, 1.82) is 0 Å². The molecule has 2 aromatic rings. The van der Waals surface area contributed by atoms with Gasteiger partial charge in [0.25, 0.3) is 5.89 Å². The van der Waals surface area contributed by atoms with E-state index in [4.69, 9.17) is 14.0 Å². The van der Waals surface area contributed by atoms with Crippen LogP contribution in [-0.4, -0.2) is 23.9 Å². The molecule has 1 aliphatic rings. The summed E-state index contributed by atoms with van der Waals surface area (Å²) in [5, 5.41) is 3.83. The van der Waals surface area contributed by atoms with Gasteiger partial charge >= 0.3 is 0 Å². The lowest BCUT2D eigenvalue weighted by Crippen LogP contribution is -1.89. The fourth-order valence-electron chi connectivity index (χ4n) is 1.88. The Kier molecular flexibility index (Phi) is 2.53. The number of benzene rings is 1. The van der Waals surface area contributed by atoms with Gasteiger partial charge in [0.15, 0.2) is 5.82 Å². The van der Waals surface area contributed by atoms with E-state index >= 15 is 0 Å². The Labute approximate surface area is 98.4 Å². The van der Waals surface area contributed by atoms with Crippen molar-refractivity contribution in [2.24, 2.45) is 0 Å². The average molecular weight is 232 g/mol. The van der Waals surface area contributed by atoms with Crippen LogP contribution >= 0.6 is 0 Å². The molecule has 3 rings (SSSR count). The van der Waals surface area contributed by atoms with Crippen molar-refractivity contribution < 1.29 is 14.0 Å². The largest absolute Gasteiger partial charge is 0.493 e. The lowest BCUT2D eigenvalue weighted by atomic mass is 10.1. The number of nitrogens with zero attached hydrogens (tertiary/aromatic N) is 2. The lowest BCUT2D eigenvalue weighted by Gasteiger charge is -1.99. The van der Waals surface area contributed by atoms with Crippen LogP contribution in [0.25, 0.3) is 11.5 Å². The number of rotatable bonds is 3. The fraction of sp³-hybridized carbons (Fsp3) is 0.333. The van der Waals surface area contributed by atoms with Crippen LogP contribution in [0.15, 0.2) is 22.7 Å². The third-order valence-electron chi connectivity index (χ3n) is 2.68. The molecule has 0 N–H and O–H groups in total. The number of ether oxygens (including phenoxy) is 2. The third kappa shape index (κ3) is 1.89. The van der Waals surface area contributed by atoms with E-state index in [-0.39, 0.29) is 0 Å². The van der Waals surface area contributed by atoms with Gasteiger partial charge in [-0.25, -0.2) is 0 Å². The van der Waals surface area contributed by atoms with Gasteiger partial charge in [-0.15, -0.1) is 0 Å². The fourth-order valence-corrected chi connectivity index (χ4v) is 1.88. The van der Waals surface area contributed by atoms with Gasteiger partial charge in [0.1, 0.15) is 12.4 Å². The first-order chi connectivity index (χ1) is 8.36. The minimum Gasteiger partial charge on any atom is -0.493 e. The van der Waals surface area contributed by atoms with Crippen molar-refractivity contribution in [3.8, 4) is 17.2 Å². The first-order valence-corrected chi connectivity index (χ1v) is 5.44. The highest BCUT2D eigenvalue weighted by atomic mass is 16.5. The van der Waals surface area contributed by atoms with Crippen molar-refractivity contribution in [1.82, 2.24) is 10.1 Å². The van der Waals surface area contributed by atoms with Gasteiger partial charge in [0.2, 0.25) is 0 Å². The molecule has 0 fully saturated rings. The molecule has 88 valence electrons. The van der Waals surface area contributed by atoms with Crippen LogP contribution in [0.4, 0.5) is 0 Å². The van der Waals surface area contributed by atoms with E-state index in [9.17, 15) is 0 Å². The molecule has 1 aromatic carbocycles. The second kappa shape index (κ2) is 4.18. The molecule has 0 unspecified atom stereocenters. The standard InChI is InChI=1S/C12H12N2O3/c1-15-7-11-13-12(17-14-11)9-2-3-10-8(6-9)4-5-16-10/h2-3,6H,4-5,7H2,1H3. The zero-order valence-corrected chi connectivity index (χ0v) is 9.47. The number of hydrogen-bond acceptors (Lipinski definition) is 5. The van der Waals surface area contributed by atoms with Crippen molar-refractivity contribution >= 4 is 0 Å². The Morgan fingerprint density at radius 3 is 3.24 bits per heavy atom. The molecule has 0 spiro atoms. The summed E-state index contributed by atoms with van der Waals surface area (Å²) in [6.45, 7) is 1.11. The maximum atomic E-state index is 5.45. The maximum absolute atomic E-state index is 5.45. The van der Waals surface area contributed by atoms with Crippen molar-refractivity contribution in [2.75, 3.05) is 13.7 Å². The number of hydrogen-bond donors (Lipinski definition) is 0. The molecule has 2 heterocycles. The molecular formula is C12H12N2O3. The summed E-state index contributed by atoms with van der Waals surface area (Å²) in [4.78, 5) is 4.25. The topological polar surface area (TPSA) is 57.4 Å². The van der Waals surface area contributed by atoms with Crippen LogP contribution in [-0.2, 0) is 17.8 Å². The highest BCUT2D eigenvalue weighted by Crippen LogP contribution is 2.29. The molecule has 0 aliphatic carbocycles. The summed E-state index contributed by atoms with van der Waals surface area (Å²) in [6, 6.07) is 5.90. The summed E-state index contributed by atoms with van der Waals surface area (Å²) in [7, 11) is 1.60. The Morgan fingerprint density at radius 1 is 1.41 bits per heavy atom. The molecule has 1 aromatic heterocycles. The molecule has 0 saturated heterocycles. The van der Waals surface area contributed by atoms with Crippen molar-refractivity contribution in [3.63, 3.8) is 0 Å². The van der Waals surface area contributed by atoms with E-state index < -0.39 is 0 Å². The van der Waals surface area contributed by atoms with E-state index in [1.54, 1.807) is 7.11 Å². The minimum atomic E-state index is 0.359. The van der Waals surface area contributed by atoms with Crippen LogP contribution in [0.1, 0.15) is 11.4 Å². The molecule has 5 nitrogen and oxygen atoms in total. The summed E-state index contributed by atoms with van der Waals surface area (Å²) >= 11 is 0. The molecule has 1 aliphatic heterocycles. The summed E-state index contributed by atoms with van der Waals surface area (Å²) in [5.74, 6) is 2.02. The number of fused-ring (bicyclic) bond motifs is 1. The predicted molar refractivity (Wildman–Crippen MR) is 59.6 cm³/mol. The Morgan fingerprint density at radius 2 is 2.35 bits per heavy atom. The summed E-state index contributed by atoms with van der Waals surface area (Å²) in [6.07, 6.45) is 0.933. The van der Waals surface area contributed by atoms with Gasteiger partial charge < -0.3 is 14.0 Å². The van der Waals surface area contributed by atoms with E-state index in [2.05, 4.69) is 10.1 Å². The van der Waals surface area contributed by atoms with E-state index in [0.29, 0.717) is 18.3 Å². The molecule has 0 atom stereocenters. The normalized spacial score (nSPS) is 13.5. The Balaban J connectivity index is 1.92. The highest BCUT2D eigenvalue weighted by molar-refractivity contribution is 5.57. The smallest absolute Gasteiger partial charge is 0.258 e. The third-order valence-corrected chi connectivity index (χ3v) is 2.68. The van der Waals surface area contributed by atoms with Crippen molar-refractivity contribution in [3.05, 3.63) is 29.6 Å². The highest BCUT2D eigenvalue weighted by Gasteiger charge is 2.15. The second-order valence-electron chi connectivity index (χ2n) is 3.87. The summed E-state index contributed by atoms with van der Waals surface area (Å²) in [5.41, 5.74) is 2.11. The van der Waals surface area contributed by atoms with E-state index in [1.807, 2.05) is 18.2 Å². The molecule has 0 radical (unpaired) electrons.